The molecule has 2 rings (SSSR count). The van der Waals surface area contributed by atoms with E-state index in [1.807, 2.05) is 0 Å². The number of nitrogens with one attached hydrogen (secondary N) is 1. The molecule has 8 nitrogen and oxygen atoms in total. The van der Waals surface area contributed by atoms with Crippen LogP contribution >= 0.6 is 31.9 Å². The van der Waals surface area contributed by atoms with Crippen LogP contribution in [0.3, 0.4) is 0 Å². The van der Waals surface area contributed by atoms with E-state index < -0.39 is 49.7 Å². The number of hydrogen-bond donors (Lipinski definition) is 2. The zero-order chi connectivity index (χ0) is 15.9. The molecule has 2 N–H and O–H groups in total. The van der Waals surface area contributed by atoms with Gasteiger partial charge in [0.2, 0.25) is 18.1 Å². The summed E-state index contributed by atoms with van der Waals surface area (Å²) in [5.41, 5.74) is -1.80. The first-order valence-corrected chi connectivity index (χ1v) is 8.82. The average molecular weight is 445 g/mol. The molecule has 0 aliphatic carbocycles. The number of nitrogens with zero attached hydrogens (tertiary/aromatic N) is 1. The van der Waals surface area contributed by atoms with Gasteiger partial charge in [0.05, 0.1) is 3.74 Å². The zero-order valence-electron chi connectivity index (χ0n) is 10.2. The van der Waals surface area contributed by atoms with E-state index in [4.69, 9.17) is 0 Å². The van der Waals surface area contributed by atoms with Crippen LogP contribution in [0.15, 0.2) is 0 Å². The van der Waals surface area contributed by atoms with Crippen LogP contribution in [0.25, 0.3) is 0 Å². The molecule has 0 aromatic heterocycles. The molecule has 115 valence electrons. The summed E-state index contributed by atoms with van der Waals surface area (Å²) in [7, 11) is 0. The first-order chi connectivity index (χ1) is 9.82. The predicted molar refractivity (Wildman–Crippen MR) is 77.8 cm³/mol. The summed E-state index contributed by atoms with van der Waals surface area (Å²) in [6.45, 7) is 0. The van der Waals surface area contributed by atoms with E-state index in [-0.39, 0.29) is 5.75 Å². The van der Waals surface area contributed by atoms with Crippen LogP contribution in [0.1, 0.15) is 0 Å². The first kappa shape index (κ1) is 16.7. The highest BCUT2D eigenvalue weighted by Crippen LogP contribution is 2.48. The standard InChI is InChI=1S/C10H9Br2N2O6S/c11-8(12)10(9(18)19)2-21(20)7-5(13-3-16)6(17)14(7)4(10)1-15/h3-5,7-8H,2H2,(H,13,16)(H,18,19)/t4?,5-,7-,10?,21+/m1/s1. The fourth-order valence-electron chi connectivity index (χ4n) is 2.53. The maximum atomic E-state index is 12.3. The number of carbonyl (C=O) groups is 3. The molecular weight excluding hydrogens is 436 g/mol. The second-order valence-corrected chi connectivity index (χ2v) is 9.18. The van der Waals surface area contributed by atoms with Gasteiger partial charge in [0.1, 0.15) is 11.8 Å². The minimum atomic E-state index is -1.80. The molecule has 1 radical (unpaired) electrons. The smallest absolute Gasteiger partial charge is 0.319 e. The Balaban J connectivity index is 2.44. The quantitative estimate of drug-likeness (QED) is 0.235. The number of β-lactam (4-membered cyclic amide) rings is 1. The number of aliphatic carboxylic acids is 1. The van der Waals surface area contributed by atoms with Crippen LogP contribution < -0.4 is 5.32 Å². The molecule has 0 bridgehead atoms. The van der Waals surface area contributed by atoms with E-state index in [1.165, 1.54) is 0 Å². The molecule has 0 saturated carbocycles. The number of amides is 2. The number of rotatable bonds is 5. The molecule has 21 heavy (non-hydrogen) atoms. The van der Waals surface area contributed by atoms with Crippen LogP contribution in [0.2, 0.25) is 0 Å². The molecule has 0 aromatic rings. The first-order valence-electron chi connectivity index (χ1n) is 5.61. The van der Waals surface area contributed by atoms with Crippen molar-refractivity contribution in [2.45, 2.75) is 21.2 Å². The largest absolute Gasteiger partial charge is 0.615 e. The lowest BCUT2D eigenvalue weighted by Gasteiger charge is -2.56. The number of alkyl halides is 2. The summed E-state index contributed by atoms with van der Waals surface area (Å²) in [6.07, 6.45) is 1.87. The lowest BCUT2D eigenvalue weighted by Crippen LogP contribution is -2.82. The number of carboxylic acid groups (broad SMARTS) is 1. The Bertz CT molecular complexity index is 506. The molecule has 2 amide bonds. The Labute approximate surface area is 139 Å². The van der Waals surface area contributed by atoms with Crippen molar-refractivity contribution in [2.24, 2.45) is 5.41 Å². The average Bonchev–Trinajstić information content (AvgIpc) is 2.42. The van der Waals surface area contributed by atoms with Crippen molar-refractivity contribution in [2.75, 3.05) is 5.75 Å². The van der Waals surface area contributed by atoms with Crippen molar-refractivity contribution in [3.05, 3.63) is 0 Å². The summed E-state index contributed by atoms with van der Waals surface area (Å²) in [5.74, 6) is -2.38. The van der Waals surface area contributed by atoms with E-state index in [0.717, 1.165) is 4.90 Å². The van der Waals surface area contributed by atoms with Gasteiger partial charge in [-0.15, -0.1) is 0 Å². The third kappa shape index (κ3) is 2.21. The highest BCUT2D eigenvalue weighted by molar-refractivity contribution is 9.24. The van der Waals surface area contributed by atoms with Crippen molar-refractivity contribution < 1.29 is 28.8 Å². The Hall–Kier alpha value is -0.650. The minimum Gasteiger partial charge on any atom is -0.615 e. The van der Waals surface area contributed by atoms with Crippen LogP contribution in [0, 0.1) is 5.41 Å². The van der Waals surface area contributed by atoms with E-state index >= 15 is 0 Å². The summed E-state index contributed by atoms with van der Waals surface area (Å²) >= 11 is 4.36. The number of carboxylic acids is 1. The van der Waals surface area contributed by atoms with E-state index in [1.54, 1.807) is 6.29 Å². The maximum absolute atomic E-state index is 12.3. The van der Waals surface area contributed by atoms with Gasteiger partial charge in [-0.05, 0) is 11.2 Å². The van der Waals surface area contributed by atoms with Crippen molar-refractivity contribution in [3.63, 3.8) is 0 Å². The molecule has 11 heteroatoms. The third-order valence-corrected chi connectivity index (χ3v) is 7.08. The summed E-state index contributed by atoms with van der Waals surface area (Å²) < 4.78 is 11.4. The summed E-state index contributed by atoms with van der Waals surface area (Å²) in [4.78, 5) is 46.3. The molecule has 2 heterocycles. The van der Waals surface area contributed by atoms with E-state index in [9.17, 15) is 28.8 Å². The topological polar surface area (TPSA) is 127 Å². The second-order valence-electron chi connectivity index (χ2n) is 4.59. The van der Waals surface area contributed by atoms with Gasteiger partial charge in [-0.3, -0.25) is 24.1 Å². The zero-order valence-corrected chi connectivity index (χ0v) is 14.2. The molecule has 2 saturated heterocycles. The van der Waals surface area contributed by atoms with Crippen molar-refractivity contribution in [3.8, 4) is 0 Å². The third-order valence-electron chi connectivity index (χ3n) is 3.64. The normalized spacial score (nSPS) is 38.5. The fourth-order valence-corrected chi connectivity index (χ4v) is 6.24. The van der Waals surface area contributed by atoms with Gasteiger partial charge >= 0.3 is 5.97 Å². The van der Waals surface area contributed by atoms with Crippen molar-refractivity contribution in [1.82, 2.24) is 10.2 Å². The van der Waals surface area contributed by atoms with Gasteiger partial charge in [-0.2, -0.15) is 0 Å². The van der Waals surface area contributed by atoms with Crippen LogP contribution in [-0.4, -0.2) is 66.1 Å². The minimum absolute atomic E-state index is 0.299. The van der Waals surface area contributed by atoms with Gasteiger partial charge in [0.15, 0.2) is 11.5 Å². The SMILES string of the molecule is O=[C]C1N2C(=O)[C@@H](NC=O)[C@H]2[S@@+]([O-])CC1(C(=O)O)C(Br)Br. The molecule has 2 aliphatic rings. The molecule has 0 spiro atoms. The van der Waals surface area contributed by atoms with Crippen LogP contribution in [0.4, 0.5) is 0 Å². The monoisotopic (exact) mass is 443 g/mol. The van der Waals surface area contributed by atoms with Crippen molar-refractivity contribution in [1.29, 1.82) is 0 Å². The Morgan fingerprint density at radius 2 is 2.29 bits per heavy atom. The molecule has 2 unspecified atom stereocenters. The van der Waals surface area contributed by atoms with Gasteiger partial charge < -0.3 is 15.0 Å². The lowest BCUT2D eigenvalue weighted by molar-refractivity contribution is -0.161. The molecular formula is C10H9Br2N2O6S. The van der Waals surface area contributed by atoms with Crippen molar-refractivity contribution >= 4 is 67.6 Å². The highest BCUT2D eigenvalue weighted by Gasteiger charge is 2.70. The number of hydrogen-bond acceptors (Lipinski definition) is 5. The second kappa shape index (κ2) is 5.86. The highest BCUT2D eigenvalue weighted by atomic mass is 79.9. The Morgan fingerprint density at radius 3 is 2.71 bits per heavy atom. The van der Waals surface area contributed by atoms with Crippen LogP contribution in [-0.2, 0) is 30.4 Å². The van der Waals surface area contributed by atoms with Gasteiger partial charge in [0.25, 0.3) is 5.91 Å². The summed E-state index contributed by atoms with van der Waals surface area (Å²) in [6, 6.07) is -2.41. The van der Waals surface area contributed by atoms with Gasteiger partial charge in [-0.25, -0.2) is 0 Å². The van der Waals surface area contributed by atoms with Gasteiger partial charge in [0, 0.05) is 0 Å². The Kier molecular flexibility index (Phi) is 4.66. The van der Waals surface area contributed by atoms with Crippen LogP contribution in [0.5, 0.6) is 0 Å². The molecule has 2 aliphatic heterocycles. The predicted octanol–water partition coefficient (Wildman–Crippen LogP) is -1.30. The molecule has 0 aromatic carbocycles. The number of fused-ring (bicyclic) bond motifs is 1. The lowest BCUT2D eigenvalue weighted by atomic mass is 9.81. The van der Waals surface area contributed by atoms with Gasteiger partial charge in [-0.1, -0.05) is 31.9 Å². The van der Waals surface area contributed by atoms with E-state index in [0.29, 0.717) is 6.41 Å². The number of carbonyl (C=O) groups excluding carboxylic acids is 3. The Morgan fingerprint density at radius 1 is 1.67 bits per heavy atom. The van der Waals surface area contributed by atoms with E-state index in [2.05, 4.69) is 37.2 Å². The number of halogens is 2. The maximum Gasteiger partial charge on any atom is 0.319 e. The molecule has 2 fully saturated rings. The fraction of sp³-hybridized carbons (Fsp3) is 0.600. The summed E-state index contributed by atoms with van der Waals surface area (Å²) in [5, 5.41) is 10.8. The molecule has 5 atom stereocenters.